The molecule has 0 saturated carbocycles. The van der Waals surface area contributed by atoms with Gasteiger partial charge in [0.2, 0.25) is 5.82 Å². The first-order valence-corrected chi connectivity index (χ1v) is 9.81. The molecule has 7 heteroatoms. The topological polar surface area (TPSA) is 34.9 Å². The molecule has 1 aromatic carbocycles. The zero-order valence-electron chi connectivity index (χ0n) is 15.1. The minimum Gasteiger partial charge on any atom is -0.268 e. The molecule has 0 N–H and O–H groups in total. The summed E-state index contributed by atoms with van der Waals surface area (Å²) in [7, 11) is 0. The maximum absolute atomic E-state index is 13.8. The Morgan fingerprint density at radius 2 is 1.81 bits per heavy atom. The molecule has 27 heavy (non-hydrogen) atoms. The Kier molecular flexibility index (Phi) is 4.37. The van der Waals surface area contributed by atoms with Crippen LogP contribution in [0.1, 0.15) is 46.7 Å². The second-order valence-corrected chi connectivity index (χ2v) is 8.17. The van der Waals surface area contributed by atoms with Gasteiger partial charge < -0.3 is 0 Å². The van der Waals surface area contributed by atoms with Gasteiger partial charge in [-0.1, -0.05) is 12.5 Å². The first-order chi connectivity index (χ1) is 12.8. The van der Waals surface area contributed by atoms with Crippen LogP contribution in [0.5, 0.6) is 0 Å². The van der Waals surface area contributed by atoms with Crippen LogP contribution in [0, 0.1) is 13.8 Å². The smallest absolute Gasteiger partial charge is 0.268 e. The maximum Gasteiger partial charge on any atom is 0.450 e. The molecule has 0 spiro atoms. The Morgan fingerprint density at radius 1 is 1.07 bits per heavy atom. The minimum atomic E-state index is -4.71. The quantitative estimate of drug-likeness (QED) is 0.523. The summed E-state index contributed by atoms with van der Waals surface area (Å²) < 4.78 is 42.0. The fourth-order valence-corrected chi connectivity index (χ4v) is 4.93. The van der Waals surface area contributed by atoms with Crippen molar-refractivity contribution in [3.63, 3.8) is 0 Å². The van der Waals surface area contributed by atoms with Gasteiger partial charge in [-0.05, 0) is 68.4 Å². The maximum atomic E-state index is 13.8. The zero-order valence-corrected chi connectivity index (χ0v) is 15.9. The third-order valence-electron chi connectivity index (χ3n) is 5.24. The SMILES string of the molecule is Cc1ccc(-n2c(C(F)(F)F)nc3sc4c(c3c2=O)CCCCC4)cc1C. The second kappa shape index (κ2) is 6.48. The summed E-state index contributed by atoms with van der Waals surface area (Å²) >= 11 is 1.24. The number of benzene rings is 1. The van der Waals surface area contributed by atoms with Gasteiger partial charge in [-0.3, -0.25) is 9.36 Å². The number of rotatable bonds is 1. The van der Waals surface area contributed by atoms with Crippen molar-refractivity contribution in [1.29, 1.82) is 0 Å². The van der Waals surface area contributed by atoms with Crippen molar-refractivity contribution in [2.24, 2.45) is 0 Å². The summed E-state index contributed by atoms with van der Waals surface area (Å²) in [6.07, 6.45) is -0.165. The first kappa shape index (κ1) is 18.2. The highest BCUT2D eigenvalue weighted by Gasteiger charge is 2.38. The summed E-state index contributed by atoms with van der Waals surface area (Å²) in [5.74, 6) is -1.15. The number of aryl methyl sites for hydroxylation is 4. The van der Waals surface area contributed by atoms with Gasteiger partial charge in [0.15, 0.2) is 0 Å². The van der Waals surface area contributed by atoms with Crippen molar-refractivity contribution >= 4 is 21.6 Å². The van der Waals surface area contributed by atoms with E-state index in [-0.39, 0.29) is 10.5 Å². The monoisotopic (exact) mass is 392 g/mol. The van der Waals surface area contributed by atoms with Crippen molar-refractivity contribution in [2.75, 3.05) is 0 Å². The highest BCUT2D eigenvalue weighted by atomic mass is 32.1. The van der Waals surface area contributed by atoms with E-state index in [0.717, 1.165) is 58.2 Å². The van der Waals surface area contributed by atoms with Gasteiger partial charge in [0, 0.05) is 4.88 Å². The summed E-state index contributed by atoms with van der Waals surface area (Å²) in [4.78, 5) is 18.4. The molecule has 3 aromatic rings. The van der Waals surface area contributed by atoms with E-state index in [1.807, 2.05) is 13.8 Å². The van der Waals surface area contributed by atoms with E-state index >= 15 is 0 Å². The molecule has 0 bridgehead atoms. The molecule has 0 atom stereocenters. The van der Waals surface area contributed by atoms with E-state index in [1.54, 1.807) is 18.2 Å². The van der Waals surface area contributed by atoms with Crippen molar-refractivity contribution in [3.8, 4) is 5.69 Å². The lowest BCUT2D eigenvalue weighted by atomic mass is 10.1. The fraction of sp³-hybridized carbons (Fsp3) is 0.400. The average Bonchev–Trinajstić information content (AvgIpc) is 2.79. The van der Waals surface area contributed by atoms with Gasteiger partial charge in [0.25, 0.3) is 5.56 Å². The summed E-state index contributed by atoms with van der Waals surface area (Å²) in [5.41, 5.74) is 2.28. The van der Waals surface area contributed by atoms with Crippen LogP contribution in [0.4, 0.5) is 13.2 Å². The van der Waals surface area contributed by atoms with Crippen LogP contribution in [0.25, 0.3) is 15.9 Å². The third kappa shape index (κ3) is 3.08. The number of nitrogens with zero attached hydrogens (tertiary/aromatic N) is 2. The van der Waals surface area contributed by atoms with Gasteiger partial charge in [-0.15, -0.1) is 11.3 Å². The Labute approximate surface area is 158 Å². The van der Waals surface area contributed by atoms with Gasteiger partial charge in [0.05, 0.1) is 11.1 Å². The molecule has 0 fully saturated rings. The number of halogens is 3. The molecule has 0 unspecified atom stereocenters. The molecule has 1 aliphatic carbocycles. The fourth-order valence-electron chi connectivity index (χ4n) is 3.68. The van der Waals surface area contributed by atoms with Gasteiger partial charge in [-0.2, -0.15) is 13.2 Å². The van der Waals surface area contributed by atoms with Gasteiger partial charge >= 0.3 is 6.18 Å². The first-order valence-electron chi connectivity index (χ1n) is 8.99. The lowest BCUT2D eigenvalue weighted by Gasteiger charge is -2.16. The number of aromatic nitrogens is 2. The molecule has 3 nitrogen and oxygen atoms in total. The lowest BCUT2D eigenvalue weighted by Crippen LogP contribution is -2.28. The molecule has 0 aliphatic heterocycles. The van der Waals surface area contributed by atoms with Crippen molar-refractivity contribution < 1.29 is 13.2 Å². The average molecular weight is 392 g/mol. The Bertz CT molecular complexity index is 1100. The van der Waals surface area contributed by atoms with Crippen LogP contribution < -0.4 is 5.56 Å². The number of hydrogen-bond donors (Lipinski definition) is 0. The van der Waals surface area contributed by atoms with Crippen LogP contribution >= 0.6 is 11.3 Å². The van der Waals surface area contributed by atoms with E-state index in [2.05, 4.69) is 4.98 Å². The summed E-state index contributed by atoms with van der Waals surface area (Å²) in [6.45, 7) is 3.70. The molecule has 142 valence electrons. The Morgan fingerprint density at radius 3 is 2.52 bits per heavy atom. The Balaban J connectivity index is 2.09. The van der Waals surface area contributed by atoms with Crippen LogP contribution in [-0.4, -0.2) is 9.55 Å². The van der Waals surface area contributed by atoms with Gasteiger partial charge in [-0.25, -0.2) is 4.98 Å². The van der Waals surface area contributed by atoms with E-state index in [0.29, 0.717) is 5.39 Å². The molecular weight excluding hydrogens is 373 g/mol. The third-order valence-corrected chi connectivity index (χ3v) is 6.43. The summed E-state index contributed by atoms with van der Waals surface area (Å²) in [5, 5.41) is 0.364. The highest BCUT2D eigenvalue weighted by molar-refractivity contribution is 7.18. The van der Waals surface area contributed by atoms with E-state index in [1.165, 1.54) is 11.3 Å². The lowest BCUT2D eigenvalue weighted by molar-refractivity contribution is -0.146. The second-order valence-electron chi connectivity index (χ2n) is 7.09. The van der Waals surface area contributed by atoms with E-state index < -0.39 is 17.6 Å². The van der Waals surface area contributed by atoms with E-state index in [4.69, 9.17) is 0 Å². The predicted octanol–water partition coefficient (Wildman–Crippen LogP) is 5.35. The van der Waals surface area contributed by atoms with Crippen LogP contribution in [0.2, 0.25) is 0 Å². The van der Waals surface area contributed by atoms with Crippen LogP contribution in [0.3, 0.4) is 0 Å². The number of fused-ring (bicyclic) bond motifs is 3. The van der Waals surface area contributed by atoms with Crippen molar-refractivity contribution in [2.45, 2.75) is 52.1 Å². The molecule has 4 rings (SSSR count). The van der Waals surface area contributed by atoms with E-state index in [9.17, 15) is 18.0 Å². The van der Waals surface area contributed by atoms with Crippen LogP contribution in [-0.2, 0) is 19.0 Å². The molecule has 2 heterocycles. The largest absolute Gasteiger partial charge is 0.450 e. The molecule has 0 amide bonds. The molecule has 1 aliphatic rings. The number of hydrogen-bond acceptors (Lipinski definition) is 3. The zero-order chi connectivity index (χ0) is 19.3. The summed E-state index contributed by atoms with van der Waals surface area (Å²) in [6, 6.07) is 4.90. The highest BCUT2D eigenvalue weighted by Crippen LogP contribution is 2.36. The normalized spacial score (nSPS) is 15.0. The standard InChI is InChI=1S/C20H19F3N2OS/c1-11-8-9-13(10-12(11)2)25-18(26)16-14-6-4-3-5-7-15(14)27-17(16)24-19(25)20(21,22)23/h8-10H,3-7H2,1-2H3. The Hall–Kier alpha value is -2.15. The molecule has 2 aromatic heterocycles. The number of alkyl halides is 3. The minimum absolute atomic E-state index is 0.207. The van der Waals surface area contributed by atoms with Crippen molar-refractivity contribution in [1.82, 2.24) is 9.55 Å². The van der Waals surface area contributed by atoms with Crippen molar-refractivity contribution in [3.05, 3.63) is 55.9 Å². The molecular formula is C20H19F3N2OS. The van der Waals surface area contributed by atoms with Gasteiger partial charge in [0.1, 0.15) is 4.83 Å². The predicted molar refractivity (Wildman–Crippen MR) is 101 cm³/mol. The van der Waals surface area contributed by atoms with Crippen LogP contribution in [0.15, 0.2) is 23.0 Å². The molecule has 0 radical (unpaired) electrons. The molecule has 0 saturated heterocycles. The number of thiophene rings is 1.